The van der Waals surface area contributed by atoms with Crippen LogP contribution >= 0.6 is 0 Å². The summed E-state index contributed by atoms with van der Waals surface area (Å²) in [5.74, 6) is -1.35. The topological polar surface area (TPSA) is 69.6 Å². The minimum absolute atomic E-state index is 0.296. The van der Waals surface area contributed by atoms with Crippen molar-refractivity contribution in [2.75, 3.05) is 19.6 Å². The van der Waals surface area contributed by atoms with Crippen molar-refractivity contribution < 1.29 is 14.7 Å². The fraction of sp³-hybridized carbons (Fsp3) is 0.857. The number of aliphatic carboxylic acids is 1. The summed E-state index contributed by atoms with van der Waals surface area (Å²) in [6.45, 7) is 12.4. The molecule has 0 unspecified atom stereocenters. The normalized spacial score (nSPS) is 14.0. The molecule has 0 aromatic rings. The second kappa shape index (κ2) is 13.3. The third-order valence-corrected chi connectivity index (χ3v) is 2.36. The van der Waals surface area contributed by atoms with Crippen LogP contribution in [0, 0.1) is 0 Å². The van der Waals surface area contributed by atoms with Crippen LogP contribution in [0.15, 0.2) is 0 Å². The summed E-state index contributed by atoms with van der Waals surface area (Å²) in [6, 6.07) is 0.775. The molecule has 19 heavy (non-hydrogen) atoms. The number of carboxylic acid groups (broad SMARTS) is 1. The fourth-order valence-corrected chi connectivity index (χ4v) is 1.46. The number of nitrogens with one attached hydrogen (secondary N) is 1. The predicted molar refractivity (Wildman–Crippen MR) is 78.2 cm³/mol. The highest BCUT2D eigenvalue weighted by atomic mass is 16.4. The maximum absolute atomic E-state index is 9.97. The summed E-state index contributed by atoms with van der Waals surface area (Å²) in [5.41, 5.74) is 0. The van der Waals surface area contributed by atoms with E-state index in [9.17, 15) is 9.59 Å². The Balaban J connectivity index is 0. The lowest BCUT2D eigenvalue weighted by Crippen LogP contribution is -2.26. The molecule has 1 amide bonds. The lowest BCUT2D eigenvalue weighted by atomic mass is 10.3. The van der Waals surface area contributed by atoms with E-state index in [1.54, 1.807) is 0 Å². The van der Waals surface area contributed by atoms with Gasteiger partial charge < -0.3 is 15.3 Å². The van der Waals surface area contributed by atoms with Crippen LogP contribution in [0.3, 0.4) is 0 Å². The first-order valence-electron chi connectivity index (χ1n) is 7.05. The molecule has 0 radical (unpaired) electrons. The molecule has 5 nitrogen and oxygen atoms in total. The van der Waals surface area contributed by atoms with Crippen molar-refractivity contribution >= 4 is 11.9 Å². The number of rotatable bonds is 3. The molecule has 1 aliphatic rings. The Morgan fingerprint density at radius 3 is 1.79 bits per heavy atom. The van der Waals surface area contributed by atoms with Gasteiger partial charge in [0.15, 0.2) is 0 Å². The molecule has 1 aliphatic heterocycles. The van der Waals surface area contributed by atoms with E-state index in [4.69, 9.17) is 5.11 Å². The van der Waals surface area contributed by atoms with Crippen LogP contribution in [-0.4, -0.2) is 47.6 Å². The standard InChI is InChI=1S/C7H15N.C4H7NO3.C3H8/c1-7(2)8-5-3-4-6-8;1-3(6)5-2-4(7)8;1-3-2/h7H,3-6H2,1-2H3;2H2,1H3,(H,5,6)(H,7,8);3H2,1-2H3. The Kier molecular flexibility index (Phi) is 14.2. The van der Waals surface area contributed by atoms with Gasteiger partial charge in [0, 0.05) is 13.0 Å². The molecule has 2 N–H and O–H groups in total. The Labute approximate surface area is 117 Å². The monoisotopic (exact) mass is 274 g/mol. The SMILES string of the molecule is CC(=O)NCC(=O)O.CC(C)N1CCCC1.CCC. The fourth-order valence-electron chi connectivity index (χ4n) is 1.46. The van der Waals surface area contributed by atoms with E-state index in [0.29, 0.717) is 0 Å². The molecule has 0 aromatic heterocycles. The molecule has 0 aliphatic carbocycles. The van der Waals surface area contributed by atoms with Gasteiger partial charge in [-0.15, -0.1) is 0 Å². The first-order valence-corrected chi connectivity index (χ1v) is 7.05. The zero-order valence-electron chi connectivity index (χ0n) is 13.0. The van der Waals surface area contributed by atoms with Crippen molar-refractivity contribution in [3.05, 3.63) is 0 Å². The van der Waals surface area contributed by atoms with Gasteiger partial charge in [-0.25, -0.2) is 0 Å². The van der Waals surface area contributed by atoms with E-state index in [0.717, 1.165) is 6.04 Å². The van der Waals surface area contributed by atoms with Crippen molar-refractivity contribution in [1.29, 1.82) is 0 Å². The quantitative estimate of drug-likeness (QED) is 0.827. The smallest absolute Gasteiger partial charge is 0.322 e. The molecule has 1 rings (SSSR count). The number of carboxylic acids is 1. The van der Waals surface area contributed by atoms with Crippen molar-refractivity contribution in [2.24, 2.45) is 0 Å². The first-order chi connectivity index (χ1) is 8.84. The van der Waals surface area contributed by atoms with Crippen molar-refractivity contribution in [2.45, 2.75) is 59.9 Å². The molecule has 0 bridgehead atoms. The van der Waals surface area contributed by atoms with Gasteiger partial charge in [-0.2, -0.15) is 0 Å². The minimum Gasteiger partial charge on any atom is -0.480 e. The van der Waals surface area contributed by atoms with Gasteiger partial charge >= 0.3 is 5.97 Å². The van der Waals surface area contributed by atoms with Gasteiger partial charge in [0.05, 0.1) is 0 Å². The first kappa shape index (κ1) is 20.2. The van der Waals surface area contributed by atoms with E-state index in [1.165, 1.54) is 39.3 Å². The molecule has 0 atom stereocenters. The summed E-state index contributed by atoms with van der Waals surface area (Å²) in [4.78, 5) is 22.2. The van der Waals surface area contributed by atoms with Gasteiger partial charge in [0.1, 0.15) is 6.54 Å². The average molecular weight is 274 g/mol. The number of likely N-dealkylation sites (tertiary alicyclic amines) is 1. The maximum Gasteiger partial charge on any atom is 0.322 e. The van der Waals surface area contributed by atoms with Gasteiger partial charge in [0.25, 0.3) is 0 Å². The van der Waals surface area contributed by atoms with Gasteiger partial charge in [-0.1, -0.05) is 20.3 Å². The minimum atomic E-state index is -1.03. The van der Waals surface area contributed by atoms with Crippen LogP contribution in [0.2, 0.25) is 0 Å². The lowest BCUT2D eigenvalue weighted by molar-refractivity contribution is -0.137. The Hall–Kier alpha value is -1.10. The molecule has 0 aromatic carbocycles. The van der Waals surface area contributed by atoms with E-state index in [2.05, 4.69) is 37.9 Å². The molecule has 1 saturated heterocycles. The summed E-state index contributed by atoms with van der Waals surface area (Å²) < 4.78 is 0. The number of amides is 1. The van der Waals surface area contributed by atoms with Crippen LogP contribution in [0.25, 0.3) is 0 Å². The largest absolute Gasteiger partial charge is 0.480 e. The predicted octanol–water partition coefficient (Wildman–Crippen LogP) is 2.11. The second-order valence-electron chi connectivity index (χ2n) is 4.85. The Morgan fingerprint density at radius 1 is 1.21 bits per heavy atom. The number of nitrogens with zero attached hydrogens (tertiary/aromatic N) is 1. The molecule has 1 fully saturated rings. The molecule has 1 heterocycles. The van der Waals surface area contributed by atoms with Gasteiger partial charge in [-0.05, 0) is 39.8 Å². The number of carbonyl (C=O) groups excluding carboxylic acids is 1. The summed E-state index contributed by atoms with van der Waals surface area (Å²) in [6.07, 6.45) is 4.08. The zero-order chi connectivity index (χ0) is 15.3. The van der Waals surface area contributed by atoms with E-state index < -0.39 is 5.97 Å². The maximum atomic E-state index is 9.97. The highest BCUT2D eigenvalue weighted by Crippen LogP contribution is 2.09. The molecule has 0 spiro atoms. The number of hydrogen-bond donors (Lipinski definition) is 2. The van der Waals surface area contributed by atoms with Crippen LogP contribution in [-0.2, 0) is 9.59 Å². The molecular weight excluding hydrogens is 244 g/mol. The van der Waals surface area contributed by atoms with Crippen molar-refractivity contribution in [3.8, 4) is 0 Å². The van der Waals surface area contributed by atoms with Crippen LogP contribution in [0.4, 0.5) is 0 Å². The van der Waals surface area contributed by atoms with Crippen LogP contribution in [0.5, 0.6) is 0 Å². The highest BCUT2D eigenvalue weighted by molar-refractivity contribution is 5.79. The van der Waals surface area contributed by atoms with Crippen LogP contribution in [0.1, 0.15) is 53.9 Å². The summed E-state index contributed by atoms with van der Waals surface area (Å²) in [5, 5.41) is 10.1. The van der Waals surface area contributed by atoms with E-state index in [-0.39, 0.29) is 12.5 Å². The lowest BCUT2D eigenvalue weighted by Gasteiger charge is -2.18. The molecular formula is C14H30N2O3. The van der Waals surface area contributed by atoms with Crippen molar-refractivity contribution in [3.63, 3.8) is 0 Å². The average Bonchev–Trinajstić information content (AvgIpc) is 2.82. The second-order valence-corrected chi connectivity index (χ2v) is 4.85. The van der Waals surface area contributed by atoms with E-state index in [1.807, 2.05) is 0 Å². The summed E-state index contributed by atoms with van der Waals surface area (Å²) >= 11 is 0. The van der Waals surface area contributed by atoms with Crippen molar-refractivity contribution in [1.82, 2.24) is 10.2 Å². The molecule has 5 heteroatoms. The third-order valence-electron chi connectivity index (χ3n) is 2.36. The summed E-state index contributed by atoms with van der Waals surface area (Å²) in [7, 11) is 0. The Morgan fingerprint density at radius 2 is 1.63 bits per heavy atom. The molecule has 0 saturated carbocycles. The third kappa shape index (κ3) is 16.9. The van der Waals surface area contributed by atoms with Gasteiger partial charge in [-0.3, -0.25) is 9.59 Å². The molecule has 114 valence electrons. The van der Waals surface area contributed by atoms with Gasteiger partial charge in [0.2, 0.25) is 5.91 Å². The number of hydrogen-bond acceptors (Lipinski definition) is 3. The van der Waals surface area contributed by atoms with Crippen LogP contribution < -0.4 is 5.32 Å². The highest BCUT2D eigenvalue weighted by Gasteiger charge is 2.13. The number of carbonyl (C=O) groups is 2. The Bertz CT molecular complexity index is 223. The zero-order valence-corrected chi connectivity index (χ0v) is 13.0. The van der Waals surface area contributed by atoms with E-state index >= 15 is 0 Å².